The fourth-order valence-corrected chi connectivity index (χ4v) is 13.5. The summed E-state index contributed by atoms with van der Waals surface area (Å²) in [6.07, 6.45) is 7.74. The molecule has 4 N–H and O–H groups in total. The third-order valence-corrected chi connectivity index (χ3v) is 16.6. The lowest BCUT2D eigenvalue weighted by Gasteiger charge is -2.72. The molecule has 2 heterocycles. The highest BCUT2D eigenvalue weighted by Crippen LogP contribution is 2.77. The fourth-order valence-electron chi connectivity index (χ4n) is 13.5. The zero-order valence-corrected chi connectivity index (χ0v) is 35.3. The van der Waals surface area contributed by atoms with E-state index in [4.69, 9.17) is 10.5 Å². The Morgan fingerprint density at radius 2 is 1.67 bits per heavy atom. The quantitative estimate of drug-likeness (QED) is 0.206. The molecule has 7 rings (SSSR count). The number of allylic oxidation sites excluding steroid dienone is 1. The minimum Gasteiger partial charge on any atom is -0.481 e. The van der Waals surface area contributed by atoms with Gasteiger partial charge in [-0.05, 0) is 116 Å². The number of rotatable bonds is 10. The van der Waals surface area contributed by atoms with Gasteiger partial charge in [-0.3, -0.25) is 14.4 Å². The van der Waals surface area contributed by atoms with Crippen LogP contribution in [0.1, 0.15) is 138 Å². The van der Waals surface area contributed by atoms with Gasteiger partial charge in [-0.1, -0.05) is 48.5 Å². The van der Waals surface area contributed by atoms with Crippen LogP contribution in [-0.2, 0) is 25.7 Å². The van der Waals surface area contributed by atoms with Crippen LogP contribution < -0.4 is 5.73 Å². The number of ether oxygens (including phenoxy) is 1. The van der Waals surface area contributed by atoms with Gasteiger partial charge in [0.15, 0.2) is 23.2 Å². The van der Waals surface area contributed by atoms with E-state index in [-0.39, 0.29) is 77.1 Å². The lowest BCUT2D eigenvalue weighted by atomic mass is 9.33. The van der Waals surface area contributed by atoms with Gasteiger partial charge in [-0.2, -0.15) is 0 Å². The second-order valence-electron chi connectivity index (χ2n) is 20.5. The van der Waals surface area contributed by atoms with Crippen LogP contribution in [0.2, 0.25) is 0 Å². The summed E-state index contributed by atoms with van der Waals surface area (Å²) in [6, 6.07) is 0. The van der Waals surface area contributed by atoms with E-state index in [1.54, 1.807) is 18.4 Å². The smallest absolute Gasteiger partial charge is 0.309 e. The van der Waals surface area contributed by atoms with Gasteiger partial charge in [-0.15, -0.1) is 10.2 Å². The maximum atomic E-state index is 14.3. The van der Waals surface area contributed by atoms with Crippen molar-refractivity contribution < 1.29 is 33.7 Å². The molecule has 2 aromatic rings. The number of nitrogens with two attached hydrogens (primary N) is 1. The molecule has 0 aromatic carbocycles. The van der Waals surface area contributed by atoms with Crippen LogP contribution >= 0.6 is 0 Å². The molecule has 0 amide bonds. The van der Waals surface area contributed by atoms with Crippen molar-refractivity contribution in [3.05, 3.63) is 35.2 Å². The number of carboxylic acid groups (broad SMARTS) is 1. The minimum absolute atomic E-state index is 0.0139. The number of aromatic nitrogens is 5. The van der Waals surface area contributed by atoms with Gasteiger partial charge in [0.2, 0.25) is 5.82 Å². The second kappa shape index (κ2) is 14.0. The molecule has 5 aliphatic rings. The maximum Gasteiger partial charge on any atom is 0.309 e. The van der Waals surface area contributed by atoms with Crippen LogP contribution in [0.25, 0.3) is 11.6 Å². The highest BCUT2D eigenvalue weighted by Gasteiger charge is 2.71. The first-order valence-corrected chi connectivity index (χ1v) is 21.1. The average Bonchev–Trinajstić information content (AvgIpc) is 3.68. The van der Waals surface area contributed by atoms with Crippen molar-refractivity contribution in [3.8, 4) is 11.6 Å². The van der Waals surface area contributed by atoms with Crippen molar-refractivity contribution in [3.63, 3.8) is 0 Å². The van der Waals surface area contributed by atoms with Crippen LogP contribution in [-0.4, -0.2) is 65.3 Å². The number of carbonyl (C=O) groups excluding carboxylic acids is 2. The van der Waals surface area contributed by atoms with Crippen LogP contribution in [0, 0.1) is 62.0 Å². The molecule has 0 saturated heterocycles. The van der Waals surface area contributed by atoms with Crippen LogP contribution in [0.15, 0.2) is 23.5 Å². The molecule has 13 heteroatoms. The third kappa shape index (κ3) is 6.13. The standard InChI is InChI=1S/C44H63FN6O6/c1-24(2)32-27(52)20-44(34(54)36-49-50-37(51(36)19-18-46)35-47-22-25(45)23-48-35)17-16-42(8)26(33(32)44)10-11-29-41(7)14-13-30(57-31(53)21-39(3,4)38(55)56)40(5,6)28(41)12-15-43(29,42)9/h22-24,26,28-30,34,54H,10-21,46H2,1-9H3,(H,55,56)/t26-,28+,29-,30+,34-,41+,42-,43-,44-/m1/s1. The van der Waals surface area contributed by atoms with E-state index in [0.717, 1.165) is 68.5 Å². The van der Waals surface area contributed by atoms with Crippen LogP contribution in [0.4, 0.5) is 4.39 Å². The largest absolute Gasteiger partial charge is 0.481 e. The Morgan fingerprint density at radius 3 is 2.30 bits per heavy atom. The Kier molecular flexibility index (Phi) is 10.2. The lowest BCUT2D eigenvalue weighted by molar-refractivity contribution is -0.235. The summed E-state index contributed by atoms with van der Waals surface area (Å²) in [6.45, 7) is 19.7. The van der Waals surface area contributed by atoms with Crippen molar-refractivity contribution >= 4 is 17.7 Å². The molecule has 12 nitrogen and oxygen atoms in total. The predicted molar refractivity (Wildman–Crippen MR) is 210 cm³/mol. The number of aliphatic hydroxyl groups excluding tert-OH is 1. The second-order valence-corrected chi connectivity index (χ2v) is 20.5. The van der Waals surface area contributed by atoms with Gasteiger partial charge in [0.25, 0.3) is 0 Å². The number of carboxylic acids is 1. The average molecular weight is 791 g/mol. The number of halogens is 1. The molecule has 5 aliphatic carbocycles. The zero-order chi connectivity index (χ0) is 41.7. The summed E-state index contributed by atoms with van der Waals surface area (Å²) >= 11 is 0. The number of aliphatic hydroxyl groups is 1. The van der Waals surface area contributed by atoms with Gasteiger partial charge in [-0.25, -0.2) is 14.4 Å². The fraction of sp³-hybridized carbons (Fsp3) is 0.750. The topological polar surface area (TPSA) is 183 Å². The Hall–Kier alpha value is -3.58. The van der Waals surface area contributed by atoms with Gasteiger partial charge < -0.3 is 25.3 Å². The van der Waals surface area contributed by atoms with Crippen LogP contribution in [0.3, 0.4) is 0 Å². The molecule has 0 spiro atoms. The third-order valence-electron chi connectivity index (χ3n) is 16.6. The molecular weight excluding hydrogens is 728 g/mol. The van der Waals surface area contributed by atoms with Gasteiger partial charge in [0.05, 0.1) is 24.2 Å². The van der Waals surface area contributed by atoms with E-state index >= 15 is 0 Å². The number of ketones is 1. The molecule has 0 bridgehead atoms. The Labute approximate surface area is 336 Å². The molecule has 0 aliphatic heterocycles. The number of hydrogen-bond acceptors (Lipinski definition) is 10. The van der Waals surface area contributed by atoms with E-state index < -0.39 is 34.7 Å². The normalized spacial score (nSPS) is 35.3. The number of carbonyl (C=O) groups is 3. The van der Waals surface area contributed by atoms with Gasteiger partial charge in [0.1, 0.15) is 12.2 Å². The molecule has 2 aromatic heterocycles. The molecule has 9 atom stereocenters. The zero-order valence-electron chi connectivity index (χ0n) is 35.3. The number of Topliss-reactive ketones (excluding diaryl/α,β-unsaturated/α-hetero) is 1. The van der Waals surface area contributed by atoms with E-state index in [1.165, 1.54) is 0 Å². The first-order valence-electron chi connectivity index (χ1n) is 21.1. The number of fused-ring (bicyclic) bond motifs is 7. The Balaban J connectivity index is 1.22. The van der Waals surface area contributed by atoms with Gasteiger partial charge >= 0.3 is 11.9 Å². The molecule has 0 unspecified atom stereocenters. The minimum atomic E-state index is -1.20. The number of esters is 1. The summed E-state index contributed by atoms with van der Waals surface area (Å²) in [5.74, 6) is -0.386. The van der Waals surface area contributed by atoms with E-state index in [1.807, 2.05) is 0 Å². The molecular formula is C44H63FN6O6. The highest BCUT2D eigenvalue weighted by molar-refractivity contribution is 6.00. The Morgan fingerprint density at radius 1 is 0.982 bits per heavy atom. The molecule has 57 heavy (non-hydrogen) atoms. The maximum absolute atomic E-state index is 14.3. The summed E-state index contributed by atoms with van der Waals surface area (Å²) in [7, 11) is 0. The van der Waals surface area contributed by atoms with E-state index in [2.05, 4.69) is 68.6 Å². The molecule has 312 valence electrons. The van der Waals surface area contributed by atoms with Gasteiger partial charge in [0, 0.05) is 30.3 Å². The Bertz CT molecular complexity index is 1980. The highest BCUT2D eigenvalue weighted by atomic mass is 19.1. The van der Waals surface area contributed by atoms with E-state index in [0.29, 0.717) is 29.9 Å². The van der Waals surface area contributed by atoms with Crippen molar-refractivity contribution in [2.75, 3.05) is 6.54 Å². The number of hydrogen-bond donors (Lipinski definition) is 3. The van der Waals surface area contributed by atoms with E-state index in [9.17, 15) is 29.0 Å². The van der Waals surface area contributed by atoms with Crippen molar-refractivity contribution in [2.24, 2.45) is 61.9 Å². The number of nitrogens with zero attached hydrogens (tertiary/aromatic N) is 5. The number of aliphatic carboxylic acids is 1. The molecule has 4 fully saturated rings. The summed E-state index contributed by atoms with van der Waals surface area (Å²) in [5, 5.41) is 31.3. The SMILES string of the molecule is CC(C)C1=C2[C@H]3CC[C@@H]4[C@@]5(C)CC[C@H](OC(=O)CC(C)(C)C(=O)O)C(C)(C)[C@@H]5CC[C@@]4(C)[C@]3(C)CC[C@@]2([C@H](O)c2nnc(-c3ncc(F)cn3)n2CCN)CC1=O. The lowest BCUT2D eigenvalue weighted by Crippen LogP contribution is -2.66. The van der Waals surface area contributed by atoms with Crippen molar-refractivity contribution in [1.82, 2.24) is 24.7 Å². The summed E-state index contributed by atoms with van der Waals surface area (Å²) in [5.41, 5.74) is 5.46. The molecule has 4 saturated carbocycles. The monoisotopic (exact) mass is 790 g/mol. The first kappa shape index (κ1) is 41.6. The van der Waals surface area contributed by atoms with Crippen LogP contribution in [0.5, 0.6) is 0 Å². The summed E-state index contributed by atoms with van der Waals surface area (Å²) in [4.78, 5) is 47.5. The predicted octanol–water partition coefficient (Wildman–Crippen LogP) is 7.26. The molecule has 0 radical (unpaired) electrons. The van der Waals surface area contributed by atoms with Crippen molar-refractivity contribution in [1.29, 1.82) is 0 Å². The van der Waals surface area contributed by atoms with Crippen molar-refractivity contribution in [2.45, 2.75) is 145 Å². The first-order chi connectivity index (χ1) is 26.6. The summed E-state index contributed by atoms with van der Waals surface area (Å²) < 4.78 is 21.7.